The summed E-state index contributed by atoms with van der Waals surface area (Å²) in [6.07, 6.45) is 21.3. The molecule has 1 aliphatic rings. The van der Waals surface area contributed by atoms with Crippen LogP contribution in [0.1, 0.15) is 114 Å². The molecule has 1 saturated carbocycles. The molecule has 0 spiro atoms. The van der Waals surface area contributed by atoms with Crippen molar-refractivity contribution in [3.05, 3.63) is 47.5 Å². The summed E-state index contributed by atoms with van der Waals surface area (Å²) in [6, 6.07) is 5.63. The summed E-state index contributed by atoms with van der Waals surface area (Å²) < 4.78 is 14.9. The lowest BCUT2D eigenvalue weighted by atomic mass is 9.77. The van der Waals surface area contributed by atoms with Gasteiger partial charge in [0.25, 0.3) is 0 Å². The van der Waals surface area contributed by atoms with Crippen molar-refractivity contribution < 1.29 is 4.39 Å². The molecule has 0 N–H and O–H groups in total. The molecule has 0 saturated heterocycles. The van der Waals surface area contributed by atoms with E-state index in [1.807, 2.05) is 24.5 Å². The Labute approximate surface area is 189 Å². The maximum absolute atomic E-state index is 14.9. The highest BCUT2D eigenvalue weighted by atomic mass is 19.1. The Morgan fingerprint density at radius 2 is 1.52 bits per heavy atom. The van der Waals surface area contributed by atoms with E-state index in [1.54, 1.807) is 6.07 Å². The van der Waals surface area contributed by atoms with Gasteiger partial charge in [-0.05, 0) is 67.6 Å². The number of hydrogen-bond donors (Lipinski definition) is 0. The van der Waals surface area contributed by atoms with E-state index >= 15 is 0 Å². The molecule has 0 bridgehead atoms. The third kappa shape index (κ3) is 7.40. The van der Waals surface area contributed by atoms with Gasteiger partial charge in [0.2, 0.25) is 0 Å². The minimum Gasteiger partial charge on any atom is -0.236 e. The van der Waals surface area contributed by atoms with E-state index in [0.717, 1.165) is 36.3 Å². The molecule has 31 heavy (non-hydrogen) atoms. The highest BCUT2D eigenvalue weighted by molar-refractivity contribution is 5.55. The normalized spacial score (nSPS) is 18.9. The summed E-state index contributed by atoms with van der Waals surface area (Å²) >= 11 is 0. The largest absolute Gasteiger partial charge is 0.236 e. The Bertz CT molecular complexity index is 763. The number of unbranched alkanes of at least 4 members (excludes halogenated alkanes) is 6. The standard InChI is InChI=1S/C28H41FN2/c1-3-5-7-8-9-10-12-23-20-30-28(31-21-23)25-17-18-26(27(29)19-25)24-15-13-22(14-16-24)11-6-4-2/h17-22,24H,3-16H2,1-2H3/t22-,24-. The number of nitrogens with zero attached hydrogens (tertiary/aromatic N) is 2. The molecule has 3 heteroatoms. The smallest absolute Gasteiger partial charge is 0.159 e. The fourth-order valence-electron chi connectivity index (χ4n) is 4.99. The molecule has 0 radical (unpaired) electrons. The average Bonchev–Trinajstić information content (AvgIpc) is 2.81. The van der Waals surface area contributed by atoms with Crippen molar-refractivity contribution in [2.24, 2.45) is 5.92 Å². The molecule has 0 atom stereocenters. The van der Waals surface area contributed by atoms with Crippen LogP contribution in [0, 0.1) is 11.7 Å². The van der Waals surface area contributed by atoms with Gasteiger partial charge in [-0.1, -0.05) is 77.3 Å². The maximum Gasteiger partial charge on any atom is 0.159 e. The van der Waals surface area contributed by atoms with Crippen LogP contribution in [0.5, 0.6) is 0 Å². The molecule has 1 aromatic carbocycles. The van der Waals surface area contributed by atoms with Gasteiger partial charge in [0, 0.05) is 18.0 Å². The molecule has 2 aromatic rings. The lowest BCUT2D eigenvalue weighted by Crippen LogP contribution is -2.14. The Balaban J connectivity index is 1.51. The molecule has 2 nitrogen and oxygen atoms in total. The highest BCUT2D eigenvalue weighted by Crippen LogP contribution is 2.39. The van der Waals surface area contributed by atoms with Gasteiger partial charge < -0.3 is 0 Å². The Morgan fingerprint density at radius 1 is 0.839 bits per heavy atom. The average molecular weight is 425 g/mol. The molecule has 0 aliphatic heterocycles. The highest BCUT2D eigenvalue weighted by Gasteiger charge is 2.24. The zero-order valence-corrected chi connectivity index (χ0v) is 19.7. The molecular weight excluding hydrogens is 383 g/mol. The van der Waals surface area contributed by atoms with Gasteiger partial charge in [-0.2, -0.15) is 0 Å². The number of aromatic nitrogens is 2. The number of hydrogen-bond acceptors (Lipinski definition) is 2. The first-order chi connectivity index (χ1) is 15.2. The van der Waals surface area contributed by atoms with Crippen LogP contribution in [0.3, 0.4) is 0 Å². The van der Waals surface area contributed by atoms with Crippen LogP contribution in [0.25, 0.3) is 11.4 Å². The molecule has 0 unspecified atom stereocenters. The van der Waals surface area contributed by atoms with Gasteiger partial charge in [-0.15, -0.1) is 0 Å². The van der Waals surface area contributed by atoms with Crippen molar-refractivity contribution >= 4 is 0 Å². The SMILES string of the molecule is CCCCCCCCc1cnc(-c2ccc([C@H]3CC[C@H](CCCC)CC3)c(F)c2)nc1. The first kappa shape index (κ1) is 23.9. The number of halogens is 1. The molecule has 1 fully saturated rings. The van der Waals surface area contributed by atoms with Crippen molar-refractivity contribution in [1.29, 1.82) is 0 Å². The van der Waals surface area contributed by atoms with E-state index in [2.05, 4.69) is 23.8 Å². The molecule has 0 amide bonds. The predicted molar refractivity (Wildman–Crippen MR) is 129 cm³/mol. The zero-order valence-electron chi connectivity index (χ0n) is 19.7. The van der Waals surface area contributed by atoms with E-state index < -0.39 is 0 Å². The number of aryl methyl sites for hydroxylation is 1. The van der Waals surface area contributed by atoms with E-state index in [1.165, 1.54) is 76.2 Å². The predicted octanol–water partition coefficient (Wildman–Crippen LogP) is 8.65. The van der Waals surface area contributed by atoms with E-state index in [9.17, 15) is 4.39 Å². The van der Waals surface area contributed by atoms with Crippen LogP contribution in [0.2, 0.25) is 0 Å². The summed E-state index contributed by atoms with van der Waals surface area (Å²) in [4.78, 5) is 9.04. The summed E-state index contributed by atoms with van der Waals surface area (Å²) in [6.45, 7) is 4.51. The lowest BCUT2D eigenvalue weighted by molar-refractivity contribution is 0.301. The minimum atomic E-state index is -0.0886. The van der Waals surface area contributed by atoms with Crippen LogP contribution in [0.15, 0.2) is 30.6 Å². The van der Waals surface area contributed by atoms with Gasteiger partial charge >= 0.3 is 0 Å². The van der Waals surface area contributed by atoms with Gasteiger partial charge in [0.1, 0.15) is 5.82 Å². The van der Waals surface area contributed by atoms with Crippen LogP contribution < -0.4 is 0 Å². The second kappa shape index (κ2) is 12.9. The van der Waals surface area contributed by atoms with Gasteiger partial charge in [-0.25, -0.2) is 14.4 Å². The van der Waals surface area contributed by atoms with Gasteiger partial charge in [0.05, 0.1) is 0 Å². The molecule has 170 valence electrons. The quantitative estimate of drug-likeness (QED) is 0.319. The second-order valence-electron chi connectivity index (χ2n) is 9.53. The van der Waals surface area contributed by atoms with Gasteiger partial charge in [0.15, 0.2) is 5.82 Å². The van der Waals surface area contributed by atoms with Gasteiger partial charge in [-0.3, -0.25) is 0 Å². The monoisotopic (exact) mass is 424 g/mol. The van der Waals surface area contributed by atoms with Crippen molar-refractivity contribution in [1.82, 2.24) is 9.97 Å². The Morgan fingerprint density at radius 3 is 2.19 bits per heavy atom. The fraction of sp³-hybridized carbons (Fsp3) is 0.643. The molecule has 1 aromatic heterocycles. The van der Waals surface area contributed by atoms with Crippen molar-refractivity contribution in [3.8, 4) is 11.4 Å². The summed E-state index contributed by atoms with van der Waals surface area (Å²) in [5, 5.41) is 0. The van der Waals surface area contributed by atoms with Crippen molar-refractivity contribution in [2.45, 2.75) is 110 Å². The van der Waals surface area contributed by atoms with E-state index in [-0.39, 0.29) is 5.82 Å². The maximum atomic E-state index is 14.9. The third-order valence-electron chi connectivity index (χ3n) is 7.04. The van der Waals surface area contributed by atoms with Crippen LogP contribution in [0.4, 0.5) is 4.39 Å². The first-order valence-corrected chi connectivity index (χ1v) is 12.8. The minimum absolute atomic E-state index is 0.0886. The molecule has 3 rings (SSSR count). The zero-order chi connectivity index (χ0) is 21.9. The van der Waals surface area contributed by atoms with Crippen molar-refractivity contribution in [2.75, 3.05) is 0 Å². The number of rotatable bonds is 12. The van der Waals surface area contributed by atoms with E-state index in [0.29, 0.717) is 11.7 Å². The Kier molecular flexibility index (Phi) is 9.96. The van der Waals surface area contributed by atoms with Crippen LogP contribution >= 0.6 is 0 Å². The Hall–Kier alpha value is -1.77. The summed E-state index contributed by atoms with van der Waals surface area (Å²) in [5.41, 5.74) is 2.84. The van der Waals surface area contributed by atoms with Crippen LogP contribution in [-0.4, -0.2) is 9.97 Å². The number of benzene rings is 1. The summed E-state index contributed by atoms with van der Waals surface area (Å²) in [7, 11) is 0. The van der Waals surface area contributed by atoms with Crippen molar-refractivity contribution in [3.63, 3.8) is 0 Å². The molecule has 1 aliphatic carbocycles. The topological polar surface area (TPSA) is 25.8 Å². The lowest BCUT2D eigenvalue weighted by Gasteiger charge is -2.29. The first-order valence-electron chi connectivity index (χ1n) is 12.8. The summed E-state index contributed by atoms with van der Waals surface area (Å²) in [5.74, 6) is 1.75. The fourth-order valence-corrected chi connectivity index (χ4v) is 4.99. The molecule has 1 heterocycles. The second-order valence-corrected chi connectivity index (χ2v) is 9.53. The molecular formula is C28H41FN2. The van der Waals surface area contributed by atoms with Crippen LogP contribution in [-0.2, 0) is 6.42 Å². The van der Waals surface area contributed by atoms with E-state index in [4.69, 9.17) is 0 Å². The third-order valence-corrected chi connectivity index (χ3v) is 7.04.